The molecule has 0 heterocycles. The van der Waals surface area contributed by atoms with E-state index >= 15 is 0 Å². The molecule has 0 aromatic heterocycles. The van der Waals surface area contributed by atoms with E-state index in [1.807, 2.05) is 6.92 Å². The molecule has 0 aromatic rings. The van der Waals surface area contributed by atoms with E-state index in [1.54, 1.807) is 6.92 Å². The van der Waals surface area contributed by atoms with Gasteiger partial charge in [-0.1, -0.05) is 0 Å². The first-order valence-corrected chi connectivity index (χ1v) is 11.9. The van der Waals surface area contributed by atoms with Crippen molar-refractivity contribution in [3.8, 4) is 0 Å². The van der Waals surface area contributed by atoms with Crippen LogP contribution in [0.25, 0.3) is 0 Å². The second-order valence-corrected chi connectivity index (χ2v) is 9.25. The molecule has 27 heavy (non-hydrogen) atoms. The lowest BCUT2D eigenvalue weighted by Gasteiger charge is -2.16. The average molecular weight is 439 g/mol. The molecule has 2 aliphatic carbocycles. The average Bonchev–Trinajstić information content (AvgIpc) is 2.62. The number of halogens is 1. The van der Waals surface area contributed by atoms with Crippen molar-refractivity contribution in [1.82, 2.24) is 0 Å². The van der Waals surface area contributed by atoms with Gasteiger partial charge in [0.05, 0.1) is 23.7 Å². The summed E-state index contributed by atoms with van der Waals surface area (Å²) in [6, 6.07) is 0. The summed E-state index contributed by atoms with van der Waals surface area (Å²) in [6.45, 7) is 4.18. The molecular formula is C18H27ClO6S2. The Kier molecular flexibility index (Phi) is 10.5. The van der Waals surface area contributed by atoms with Gasteiger partial charge in [-0.05, 0) is 70.1 Å². The standard InChI is InChI=1S/C9H13ClO4S.C9H14O2S/c1-2-14-9(11)7-5-3-4-6-8(7)15(10,12)13;1-2-11-9(10)7-5-3-4-6-8(7)12/h2-6H2,1H3;12H,2-6H2,1H3. The Morgan fingerprint density at radius 2 is 1.33 bits per heavy atom. The SMILES string of the molecule is CCOC(=O)C1=C(S(=O)(=O)Cl)CCCC1.CCOC(=O)C1=C(S)CCCC1. The summed E-state index contributed by atoms with van der Waals surface area (Å²) in [5.74, 6) is -0.737. The first kappa shape index (κ1) is 24.0. The maximum absolute atomic E-state index is 11.5. The van der Waals surface area contributed by atoms with Crippen LogP contribution in [0.2, 0.25) is 0 Å². The lowest BCUT2D eigenvalue weighted by atomic mass is 9.99. The number of rotatable bonds is 5. The minimum atomic E-state index is -3.79. The zero-order valence-electron chi connectivity index (χ0n) is 15.8. The summed E-state index contributed by atoms with van der Waals surface area (Å²) in [5.41, 5.74) is 1.00. The number of carbonyl (C=O) groups is 2. The van der Waals surface area contributed by atoms with Gasteiger partial charge >= 0.3 is 11.9 Å². The van der Waals surface area contributed by atoms with Crippen LogP contribution in [0.15, 0.2) is 21.0 Å². The third kappa shape index (κ3) is 7.87. The van der Waals surface area contributed by atoms with E-state index in [2.05, 4.69) is 12.6 Å². The van der Waals surface area contributed by atoms with Crippen molar-refractivity contribution in [2.75, 3.05) is 13.2 Å². The Balaban J connectivity index is 0.000000277. The maximum atomic E-state index is 11.5. The number of hydrogen-bond donors (Lipinski definition) is 1. The van der Waals surface area contributed by atoms with Gasteiger partial charge in [-0.25, -0.2) is 18.0 Å². The van der Waals surface area contributed by atoms with Crippen molar-refractivity contribution in [2.24, 2.45) is 0 Å². The number of hydrogen-bond acceptors (Lipinski definition) is 7. The van der Waals surface area contributed by atoms with Gasteiger partial charge in [0.15, 0.2) is 0 Å². The van der Waals surface area contributed by atoms with Crippen LogP contribution in [0.1, 0.15) is 65.2 Å². The summed E-state index contributed by atoms with van der Waals surface area (Å²) < 4.78 is 32.1. The van der Waals surface area contributed by atoms with E-state index in [-0.39, 0.29) is 23.1 Å². The van der Waals surface area contributed by atoms with Crippen LogP contribution in [0.5, 0.6) is 0 Å². The molecule has 0 N–H and O–H groups in total. The van der Waals surface area contributed by atoms with E-state index < -0.39 is 15.0 Å². The number of thiol groups is 1. The quantitative estimate of drug-likeness (QED) is 0.392. The van der Waals surface area contributed by atoms with Crippen LogP contribution < -0.4 is 0 Å². The highest BCUT2D eigenvalue weighted by atomic mass is 35.7. The summed E-state index contributed by atoms with van der Waals surface area (Å²) in [5, 5.41) is 0. The van der Waals surface area contributed by atoms with Gasteiger partial charge in [-0.2, -0.15) is 0 Å². The first-order valence-electron chi connectivity index (χ1n) is 9.14. The Morgan fingerprint density at radius 1 is 0.889 bits per heavy atom. The van der Waals surface area contributed by atoms with Crippen molar-refractivity contribution < 1.29 is 27.5 Å². The van der Waals surface area contributed by atoms with Crippen LogP contribution in [-0.2, 0) is 28.1 Å². The van der Waals surface area contributed by atoms with Crippen LogP contribution >= 0.6 is 23.3 Å². The zero-order chi connectivity index (χ0) is 20.4. The fourth-order valence-corrected chi connectivity index (χ4v) is 4.65. The maximum Gasteiger partial charge on any atom is 0.335 e. The molecule has 0 spiro atoms. The normalized spacial score (nSPS) is 17.8. The Bertz CT molecular complexity index is 709. The lowest BCUT2D eigenvalue weighted by molar-refractivity contribution is -0.139. The fourth-order valence-electron chi connectivity index (χ4n) is 2.91. The van der Waals surface area contributed by atoms with Crippen molar-refractivity contribution >= 4 is 44.3 Å². The van der Waals surface area contributed by atoms with Gasteiger partial charge in [0.25, 0.3) is 9.05 Å². The molecule has 0 aliphatic heterocycles. The number of allylic oxidation sites excluding steroid dienone is 2. The smallest absolute Gasteiger partial charge is 0.335 e. The van der Waals surface area contributed by atoms with E-state index in [0.29, 0.717) is 19.4 Å². The van der Waals surface area contributed by atoms with Crippen LogP contribution in [0, 0.1) is 0 Å². The lowest BCUT2D eigenvalue weighted by Crippen LogP contribution is -2.15. The van der Waals surface area contributed by atoms with E-state index in [4.69, 9.17) is 20.2 Å². The van der Waals surface area contributed by atoms with Crippen molar-refractivity contribution in [3.05, 3.63) is 21.0 Å². The van der Waals surface area contributed by atoms with Gasteiger partial charge < -0.3 is 9.47 Å². The van der Waals surface area contributed by atoms with Crippen LogP contribution in [0.4, 0.5) is 0 Å². The summed E-state index contributed by atoms with van der Waals surface area (Å²) in [4.78, 5) is 23.7. The molecule has 0 radical (unpaired) electrons. The zero-order valence-corrected chi connectivity index (χ0v) is 18.2. The van der Waals surface area contributed by atoms with Crippen molar-refractivity contribution in [3.63, 3.8) is 0 Å². The third-order valence-corrected chi connectivity index (χ3v) is 6.29. The molecular weight excluding hydrogens is 412 g/mol. The van der Waals surface area contributed by atoms with Crippen molar-refractivity contribution in [1.29, 1.82) is 0 Å². The molecule has 0 fully saturated rings. The number of ether oxygens (including phenoxy) is 2. The predicted molar refractivity (Wildman–Crippen MR) is 108 cm³/mol. The second kappa shape index (κ2) is 11.8. The summed E-state index contributed by atoms with van der Waals surface area (Å²) in [6.07, 6.45) is 6.28. The minimum absolute atomic E-state index is 0.0360. The Labute approximate surface area is 171 Å². The fraction of sp³-hybridized carbons (Fsp3) is 0.667. The van der Waals surface area contributed by atoms with Gasteiger partial charge in [-0.15, -0.1) is 12.6 Å². The molecule has 0 bridgehead atoms. The monoisotopic (exact) mass is 438 g/mol. The van der Waals surface area contributed by atoms with Crippen LogP contribution in [-0.4, -0.2) is 33.6 Å². The highest BCUT2D eigenvalue weighted by Crippen LogP contribution is 2.31. The molecule has 0 saturated carbocycles. The minimum Gasteiger partial charge on any atom is -0.463 e. The van der Waals surface area contributed by atoms with Gasteiger partial charge in [0.2, 0.25) is 0 Å². The molecule has 2 rings (SSSR count). The van der Waals surface area contributed by atoms with Gasteiger partial charge in [0, 0.05) is 16.3 Å². The molecule has 6 nitrogen and oxygen atoms in total. The molecule has 0 amide bonds. The third-order valence-electron chi connectivity index (χ3n) is 4.19. The summed E-state index contributed by atoms with van der Waals surface area (Å²) in [7, 11) is 1.47. The van der Waals surface area contributed by atoms with Gasteiger partial charge in [-0.3, -0.25) is 0 Å². The molecule has 0 saturated heterocycles. The topological polar surface area (TPSA) is 86.7 Å². The van der Waals surface area contributed by atoms with Gasteiger partial charge in [0.1, 0.15) is 0 Å². The highest BCUT2D eigenvalue weighted by molar-refractivity contribution is 8.16. The molecule has 0 aromatic carbocycles. The van der Waals surface area contributed by atoms with E-state index in [0.717, 1.165) is 49.0 Å². The molecule has 0 unspecified atom stereocenters. The summed E-state index contributed by atoms with van der Waals surface area (Å²) >= 11 is 4.27. The van der Waals surface area contributed by atoms with Crippen LogP contribution in [0.3, 0.4) is 0 Å². The number of esters is 2. The van der Waals surface area contributed by atoms with E-state index in [9.17, 15) is 18.0 Å². The highest BCUT2D eigenvalue weighted by Gasteiger charge is 2.27. The molecule has 9 heteroatoms. The second-order valence-electron chi connectivity index (χ2n) is 6.12. The largest absolute Gasteiger partial charge is 0.463 e. The molecule has 154 valence electrons. The number of carbonyl (C=O) groups excluding carboxylic acids is 2. The Hall–Kier alpha value is -0.990. The van der Waals surface area contributed by atoms with E-state index in [1.165, 1.54) is 0 Å². The predicted octanol–water partition coefficient (Wildman–Crippen LogP) is 4.25. The molecule has 2 aliphatic rings. The first-order chi connectivity index (χ1) is 12.7. The Morgan fingerprint density at radius 3 is 1.81 bits per heavy atom. The van der Waals surface area contributed by atoms with Crippen molar-refractivity contribution in [2.45, 2.75) is 65.2 Å². The molecule has 0 atom stereocenters.